The van der Waals surface area contributed by atoms with Crippen LogP contribution in [0.4, 0.5) is 39.8 Å². The quantitative estimate of drug-likeness (QED) is 0.161. The number of benzene rings is 11. The molecule has 0 amide bonds. The molecule has 0 saturated carbocycles. The topological polar surface area (TPSA) is 32.2 Å². The van der Waals surface area contributed by atoms with E-state index in [0.717, 1.165) is 88.5 Å². The SMILES string of the molecule is CC1(C)c2ccccc2N(c2ccccc2)c2cc3c(cc21)=c1ncccc1=C1CC2=[N+](c4ccccc4)c4ccccc4N(c4ccccc4)C2=CC1=c1ccc(-n2c4ccccc4c4cc(-n5c6ccccc6c6ccccc65)ccc42)cc1=3. The van der Waals surface area contributed by atoms with Crippen LogP contribution in [-0.2, 0) is 5.41 Å². The summed E-state index contributed by atoms with van der Waals surface area (Å²) in [5, 5.41) is 11.6. The van der Waals surface area contributed by atoms with E-state index in [1.54, 1.807) is 0 Å². The maximum absolute atomic E-state index is 5.54. The van der Waals surface area contributed by atoms with Crippen molar-refractivity contribution in [1.29, 1.82) is 0 Å². The Balaban J connectivity index is 1.00. The van der Waals surface area contributed by atoms with Gasteiger partial charge in [0.1, 0.15) is 11.4 Å². The first kappa shape index (κ1) is 48.5. The highest BCUT2D eigenvalue weighted by atomic mass is 15.2. The van der Waals surface area contributed by atoms with Crippen LogP contribution >= 0.6 is 0 Å². The summed E-state index contributed by atoms with van der Waals surface area (Å²) >= 11 is 0. The van der Waals surface area contributed by atoms with Crippen molar-refractivity contribution >= 4 is 100 Å². The lowest BCUT2D eigenvalue weighted by molar-refractivity contribution is 0.631. The van der Waals surface area contributed by atoms with Gasteiger partial charge in [-0.25, -0.2) is 0 Å². The van der Waals surface area contributed by atoms with Gasteiger partial charge in [-0.15, -0.1) is 0 Å². The van der Waals surface area contributed by atoms with Gasteiger partial charge in [0.05, 0.1) is 45.2 Å². The van der Waals surface area contributed by atoms with E-state index in [1.165, 1.54) is 71.5 Å². The number of fused-ring (bicyclic) bond motifs is 14. The summed E-state index contributed by atoms with van der Waals surface area (Å²) in [6, 6.07) is 101. The van der Waals surface area contributed by atoms with Gasteiger partial charge >= 0.3 is 0 Å². The van der Waals surface area contributed by atoms with Crippen LogP contribution < -0.4 is 24.8 Å². The van der Waals surface area contributed by atoms with Crippen LogP contribution in [0.15, 0.2) is 291 Å². The highest BCUT2D eigenvalue weighted by Gasteiger charge is 2.42. The van der Waals surface area contributed by atoms with Crippen LogP contribution in [0.1, 0.15) is 31.4 Å². The lowest BCUT2D eigenvalue weighted by Gasteiger charge is -2.42. The van der Waals surface area contributed by atoms with E-state index in [9.17, 15) is 0 Å². The molecule has 404 valence electrons. The molecule has 3 aromatic heterocycles. The predicted molar refractivity (Wildman–Crippen MR) is 355 cm³/mol. The van der Waals surface area contributed by atoms with Gasteiger partial charge in [0, 0.05) is 84.5 Å². The lowest BCUT2D eigenvalue weighted by atomic mass is 9.73. The summed E-state index contributed by atoms with van der Waals surface area (Å²) < 4.78 is 7.42. The van der Waals surface area contributed by atoms with Gasteiger partial charge in [-0.2, -0.15) is 4.58 Å². The Kier molecular flexibility index (Phi) is 10.4. The summed E-state index contributed by atoms with van der Waals surface area (Å²) in [5.41, 5.74) is 21.8. The molecule has 0 atom stereocenters. The van der Waals surface area contributed by atoms with Gasteiger partial charge in [-0.05, 0) is 147 Å². The molecule has 5 heterocycles. The highest BCUT2D eigenvalue weighted by molar-refractivity contribution is 6.22. The van der Waals surface area contributed by atoms with E-state index in [2.05, 4.69) is 316 Å². The van der Waals surface area contributed by atoms with Crippen molar-refractivity contribution < 1.29 is 0 Å². The van der Waals surface area contributed by atoms with E-state index >= 15 is 0 Å². The summed E-state index contributed by atoms with van der Waals surface area (Å²) in [6.07, 6.45) is 5.14. The van der Waals surface area contributed by atoms with Crippen LogP contribution in [0.25, 0.3) is 66.1 Å². The minimum Gasteiger partial charge on any atom is -0.310 e. The number of allylic oxidation sites excluding steroid dienone is 2. The summed E-state index contributed by atoms with van der Waals surface area (Å²) in [5.74, 6) is 0. The molecule has 0 bridgehead atoms. The molecule has 6 nitrogen and oxygen atoms in total. The molecule has 18 rings (SSSR count). The normalized spacial score (nSPS) is 14.6. The molecule has 2 aliphatic heterocycles. The number of anilines is 5. The third kappa shape index (κ3) is 6.95. The van der Waals surface area contributed by atoms with Crippen molar-refractivity contribution in [3.05, 3.63) is 334 Å². The Labute approximate surface area is 496 Å². The van der Waals surface area contributed by atoms with Crippen LogP contribution in [0.2, 0.25) is 0 Å². The van der Waals surface area contributed by atoms with E-state index < -0.39 is 0 Å². The van der Waals surface area contributed by atoms with E-state index in [4.69, 9.17) is 4.98 Å². The van der Waals surface area contributed by atoms with Gasteiger partial charge in [0.15, 0.2) is 0 Å². The first-order chi connectivity index (χ1) is 42.5. The molecular weight excluding hydrogens is 1040 g/mol. The summed E-state index contributed by atoms with van der Waals surface area (Å²) in [6.45, 7) is 4.79. The minimum absolute atomic E-state index is 0.357. The summed E-state index contributed by atoms with van der Waals surface area (Å²) in [7, 11) is 0. The summed E-state index contributed by atoms with van der Waals surface area (Å²) in [4.78, 5) is 10.5. The largest absolute Gasteiger partial charge is 0.310 e. The lowest BCUT2D eigenvalue weighted by Crippen LogP contribution is -2.38. The fourth-order valence-corrected chi connectivity index (χ4v) is 15.0. The fourth-order valence-electron chi connectivity index (χ4n) is 15.0. The van der Waals surface area contributed by atoms with Crippen molar-refractivity contribution in [2.45, 2.75) is 25.7 Å². The van der Waals surface area contributed by atoms with Crippen LogP contribution in [-0.4, -0.2) is 19.8 Å². The number of hydrogen-bond donors (Lipinski definition) is 0. The van der Waals surface area contributed by atoms with Gasteiger partial charge in [0.25, 0.3) is 0 Å². The predicted octanol–water partition coefficient (Wildman–Crippen LogP) is 17.7. The Morgan fingerprint density at radius 3 is 1.65 bits per heavy atom. The van der Waals surface area contributed by atoms with Crippen LogP contribution in [0, 0.1) is 21.0 Å². The Hall–Kier alpha value is -11.1. The highest BCUT2D eigenvalue weighted by Crippen LogP contribution is 2.53. The molecule has 0 saturated heterocycles. The molecule has 0 N–H and O–H groups in total. The Morgan fingerprint density at radius 2 is 0.942 bits per heavy atom. The average Bonchev–Trinajstić information content (AvgIpc) is 1.58. The average molecular weight is 1100 g/mol. The number of pyridine rings is 1. The standard InChI is InChI=1S/C80H55N6/c1-80(2)67-33-15-19-37-73(67)82(51-23-6-3-7-24-51)76-48-64-61-45-54(86-71-36-18-14-31-59(71)65-46-55(41-43-72(65)86)85-69-34-16-12-29-57(69)58-30-13-17-35-70(58)85)40-42-56(61)62-49-77-78(50-63(62)60-32-22-44-81-79(60)66(64)47-68(76)80)84(53-27-10-5-11-28-53)75-39-21-20-38-74(75)83(77)52-25-8-4-9-26-52/h3-49H,50H2,1-2H3/q+1. The van der Waals surface area contributed by atoms with E-state index in [-0.39, 0.29) is 5.41 Å². The van der Waals surface area contributed by atoms with Gasteiger partial charge in [-0.3, -0.25) is 9.88 Å². The van der Waals surface area contributed by atoms with Crippen molar-refractivity contribution in [2.24, 2.45) is 0 Å². The number of para-hydroxylation sites is 9. The number of aromatic nitrogens is 3. The second-order valence-corrected chi connectivity index (χ2v) is 23.7. The maximum atomic E-state index is 5.54. The van der Waals surface area contributed by atoms with Gasteiger partial charge in [-0.1, -0.05) is 166 Å². The van der Waals surface area contributed by atoms with E-state index in [0.29, 0.717) is 6.42 Å². The first-order valence-corrected chi connectivity index (χ1v) is 29.8. The van der Waals surface area contributed by atoms with Crippen LogP contribution in [0.5, 0.6) is 0 Å². The third-order valence-corrected chi connectivity index (χ3v) is 18.8. The zero-order chi connectivity index (χ0) is 56.8. The van der Waals surface area contributed by atoms with Crippen molar-refractivity contribution in [2.75, 3.05) is 9.80 Å². The molecule has 86 heavy (non-hydrogen) atoms. The minimum atomic E-state index is -0.357. The number of hydrogen-bond acceptors (Lipinski definition) is 3. The molecule has 4 aliphatic rings. The molecule has 2 aliphatic carbocycles. The second kappa shape index (κ2) is 18.5. The first-order valence-electron chi connectivity index (χ1n) is 29.8. The number of rotatable bonds is 5. The molecule has 14 aromatic rings. The fraction of sp³-hybridized carbons (Fsp3) is 0.0500. The zero-order valence-corrected chi connectivity index (χ0v) is 47.5. The van der Waals surface area contributed by atoms with E-state index in [1.807, 2.05) is 6.20 Å². The monoisotopic (exact) mass is 1100 g/mol. The Morgan fingerprint density at radius 1 is 0.384 bits per heavy atom. The molecular formula is C80H55N6+. The van der Waals surface area contributed by atoms with Gasteiger partial charge < -0.3 is 14.0 Å². The zero-order valence-electron chi connectivity index (χ0n) is 47.5. The molecule has 6 heteroatoms. The second-order valence-electron chi connectivity index (χ2n) is 23.7. The Bertz CT molecular complexity index is 5600. The molecule has 0 fully saturated rings. The van der Waals surface area contributed by atoms with Crippen LogP contribution in [0.3, 0.4) is 0 Å². The molecule has 0 unspecified atom stereocenters. The van der Waals surface area contributed by atoms with Crippen molar-refractivity contribution in [1.82, 2.24) is 18.7 Å². The van der Waals surface area contributed by atoms with Crippen molar-refractivity contribution in [3.63, 3.8) is 0 Å². The molecule has 11 aromatic carbocycles. The smallest absolute Gasteiger partial charge is 0.235 e. The number of nitrogens with zero attached hydrogens (tertiary/aromatic N) is 6. The molecule has 0 spiro atoms. The molecule has 0 radical (unpaired) electrons. The van der Waals surface area contributed by atoms with Crippen molar-refractivity contribution in [3.8, 4) is 11.4 Å². The van der Waals surface area contributed by atoms with Gasteiger partial charge in [0.2, 0.25) is 17.1 Å². The maximum Gasteiger partial charge on any atom is 0.235 e. The third-order valence-electron chi connectivity index (χ3n) is 18.8.